The quantitative estimate of drug-likeness (QED) is 0.628. The number of hydrazine groups is 1. The van der Waals surface area contributed by atoms with E-state index >= 15 is 0 Å². The van der Waals surface area contributed by atoms with Gasteiger partial charge in [-0.25, -0.2) is 9.82 Å². The van der Waals surface area contributed by atoms with Crippen molar-refractivity contribution >= 4 is 0 Å². The molecule has 4 heteroatoms. The van der Waals surface area contributed by atoms with Gasteiger partial charge in [-0.2, -0.15) is 0 Å². The Morgan fingerprint density at radius 3 is 2.71 bits per heavy atom. The van der Waals surface area contributed by atoms with Gasteiger partial charge in [-0.15, -0.1) is 0 Å². The molecule has 0 saturated heterocycles. The molecule has 17 heavy (non-hydrogen) atoms. The average molecular weight is 231 g/mol. The highest BCUT2D eigenvalue weighted by molar-refractivity contribution is 5.33. The number of nitrogens with two attached hydrogens (primary N) is 1. The van der Waals surface area contributed by atoms with Crippen molar-refractivity contribution in [2.24, 2.45) is 5.84 Å². The van der Waals surface area contributed by atoms with Crippen LogP contribution >= 0.6 is 0 Å². The summed E-state index contributed by atoms with van der Waals surface area (Å²) >= 11 is 0. The first kappa shape index (κ1) is 11.7. The second-order valence-corrected chi connectivity index (χ2v) is 3.89. The fourth-order valence-electron chi connectivity index (χ4n) is 1.78. The van der Waals surface area contributed by atoms with Crippen LogP contribution in [0.4, 0.5) is 4.39 Å². The van der Waals surface area contributed by atoms with E-state index in [9.17, 15) is 4.39 Å². The fraction of sp³-hybridized carbons (Fsp3) is 0.154. The summed E-state index contributed by atoms with van der Waals surface area (Å²) in [6.45, 7) is 1.73. The molecule has 2 rings (SSSR count). The van der Waals surface area contributed by atoms with Gasteiger partial charge < -0.3 is 0 Å². The Bertz CT molecular complexity index is 499. The minimum atomic E-state index is -0.212. The van der Waals surface area contributed by atoms with Crippen molar-refractivity contribution in [2.75, 3.05) is 0 Å². The van der Waals surface area contributed by atoms with Crippen LogP contribution in [0.15, 0.2) is 42.7 Å². The summed E-state index contributed by atoms with van der Waals surface area (Å²) in [6, 6.07) is 8.55. The predicted molar refractivity (Wildman–Crippen MR) is 64.5 cm³/mol. The molecule has 0 radical (unpaired) electrons. The van der Waals surface area contributed by atoms with E-state index in [4.69, 9.17) is 5.84 Å². The SMILES string of the molecule is Cc1cc(C(NN)c2cccnc2)ccc1F. The largest absolute Gasteiger partial charge is 0.271 e. The fourth-order valence-corrected chi connectivity index (χ4v) is 1.78. The predicted octanol–water partition coefficient (Wildman–Crippen LogP) is 2.08. The van der Waals surface area contributed by atoms with Crippen LogP contribution in [0.5, 0.6) is 0 Å². The number of pyridine rings is 1. The summed E-state index contributed by atoms with van der Waals surface area (Å²) in [5, 5.41) is 0. The monoisotopic (exact) mass is 231 g/mol. The minimum Gasteiger partial charge on any atom is -0.271 e. The van der Waals surface area contributed by atoms with Crippen molar-refractivity contribution in [3.63, 3.8) is 0 Å². The summed E-state index contributed by atoms with van der Waals surface area (Å²) in [5.41, 5.74) is 5.18. The first-order valence-corrected chi connectivity index (χ1v) is 5.34. The van der Waals surface area contributed by atoms with E-state index in [2.05, 4.69) is 10.4 Å². The Labute approximate surface area is 99.5 Å². The Balaban J connectivity index is 2.39. The van der Waals surface area contributed by atoms with Crippen molar-refractivity contribution in [3.05, 3.63) is 65.2 Å². The third-order valence-electron chi connectivity index (χ3n) is 2.70. The zero-order chi connectivity index (χ0) is 12.3. The molecule has 0 aliphatic heterocycles. The minimum absolute atomic E-state index is 0.178. The number of halogens is 1. The molecule has 1 aromatic heterocycles. The molecule has 0 bridgehead atoms. The molecule has 0 saturated carbocycles. The van der Waals surface area contributed by atoms with Crippen LogP contribution in [0, 0.1) is 12.7 Å². The summed E-state index contributed by atoms with van der Waals surface area (Å²) in [5.74, 6) is 5.34. The first-order valence-electron chi connectivity index (χ1n) is 5.34. The van der Waals surface area contributed by atoms with E-state index in [1.807, 2.05) is 12.1 Å². The number of benzene rings is 1. The molecule has 1 atom stereocenters. The maximum absolute atomic E-state index is 13.2. The van der Waals surface area contributed by atoms with E-state index in [-0.39, 0.29) is 11.9 Å². The van der Waals surface area contributed by atoms with Crippen LogP contribution in [-0.2, 0) is 0 Å². The highest BCUT2D eigenvalue weighted by atomic mass is 19.1. The van der Waals surface area contributed by atoms with Gasteiger partial charge in [0.1, 0.15) is 5.82 Å². The normalized spacial score (nSPS) is 12.4. The van der Waals surface area contributed by atoms with Gasteiger partial charge in [0.25, 0.3) is 0 Å². The number of nitrogens with zero attached hydrogens (tertiary/aromatic N) is 1. The highest BCUT2D eigenvalue weighted by Crippen LogP contribution is 2.22. The van der Waals surface area contributed by atoms with E-state index in [1.54, 1.807) is 31.5 Å². The third-order valence-corrected chi connectivity index (χ3v) is 2.70. The maximum atomic E-state index is 13.2. The lowest BCUT2D eigenvalue weighted by molar-refractivity contribution is 0.607. The van der Waals surface area contributed by atoms with Gasteiger partial charge in [-0.1, -0.05) is 18.2 Å². The summed E-state index contributed by atoms with van der Waals surface area (Å²) in [7, 11) is 0. The van der Waals surface area contributed by atoms with Gasteiger partial charge in [0, 0.05) is 12.4 Å². The Morgan fingerprint density at radius 2 is 2.12 bits per heavy atom. The molecule has 3 nitrogen and oxygen atoms in total. The lowest BCUT2D eigenvalue weighted by atomic mass is 9.99. The summed E-state index contributed by atoms with van der Waals surface area (Å²) < 4.78 is 13.2. The van der Waals surface area contributed by atoms with Crippen LogP contribution in [0.3, 0.4) is 0 Å². The molecule has 0 aliphatic rings. The smallest absolute Gasteiger partial charge is 0.126 e. The van der Waals surface area contributed by atoms with E-state index < -0.39 is 0 Å². The molecule has 3 N–H and O–H groups in total. The van der Waals surface area contributed by atoms with Crippen molar-refractivity contribution in [2.45, 2.75) is 13.0 Å². The molecule has 1 unspecified atom stereocenters. The second kappa shape index (κ2) is 5.03. The van der Waals surface area contributed by atoms with Gasteiger partial charge in [-0.05, 0) is 35.7 Å². The Kier molecular flexibility index (Phi) is 3.46. The van der Waals surface area contributed by atoms with Crippen LogP contribution in [0.25, 0.3) is 0 Å². The average Bonchev–Trinajstić information content (AvgIpc) is 2.36. The number of nitrogens with one attached hydrogen (secondary N) is 1. The highest BCUT2D eigenvalue weighted by Gasteiger charge is 2.13. The van der Waals surface area contributed by atoms with Gasteiger partial charge in [0.05, 0.1) is 6.04 Å². The lowest BCUT2D eigenvalue weighted by Gasteiger charge is -2.17. The zero-order valence-corrected chi connectivity index (χ0v) is 9.52. The van der Waals surface area contributed by atoms with E-state index in [0.29, 0.717) is 5.56 Å². The van der Waals surface area contributed by atoms with E-state index in [1.165, 1.54) is 6.07 Å². The first-order chi connectivity index (χ1) is 8.22. The third kappa shape index (κ3) is 2.49. The number of hydrogen-bond donors (Lipinski definition) is 2. The second-order valence-electron chi connectivity index (χ2n) is 3.89. The standard InChI is InChI=1S/C13H14FN3/c1-9-7-10(4-5-12(9)14)13(17-15)11-3-2-6-16-8-11/h2-8,13,17H,15H2,1H3. The van der Waals surface area contributed by atoms with Crippen LogP contribution in [-0.4, -0.2) is 4.98 Å². The number of hydrogen-bond acceptors (Lipinski definition) is 3. The molecule has 0 spiro atoms. The van der Waals surface area contributed by atoms with Gasteiger partial charge in [0.15, 0.2) is 0 Å². The number of rotatable bonds is 3. The molecule has 0 fully saturated rings. The molecule has 0 aliphatic carbocycles. The van der Waals surface area contributed by atoms with E-state index in [0.717, 1.165) is 11.1 Å². The van der Waals surface area contributed by atoms with Crippen LogP contribution in [0.2, 0.25) is 0 Å². The molecular formula is C13H14FN3. The Morgan fingerprint density at radius 1 is 1.29 bits per heavy atom. The van der Waals surface area contributed by atoms with Gasteiger partial charge in [0.2, 0.25) is 0 Å². The van der Waals surface area contributed by atoms with Crippen LogP contribution in [0.1, 0.15) is 22.7 Å². The molecular weight excluding hydrogens is 217 g/mol. The van der Waals surface area contributed by atoms with Gasteiger partial charge in [-0.3, -0.25) is 10.8 Å². The van der Waals surface area contributed by atoms with Crippen molar-refractivity contribution in [3.8, 4) is 0 Å². The van der Waals surface area contributed by atoms with Crippen LogP contribution < -0.4 is 11.3 Å². The van der Waals surface area contributed by atoms with Gasteiger partial charge >= 0.3 is 0 Å². The molecule has 88 valence electrons. The van der Waals surface area contributed by atoms with Crippen molar-refractivity contribution < 1.29 is 4.39 Å². The molecule has 1 aromatic carbocycles. The molecule has 1 heterocycles. The maximum Gasteiger partial charge on any atom is 0.126 e. The zero-order valence-electron chi connectivity index (χ0n) is 9.52. The number of aromatic nitrogens is 1. The summed E-state index contributed by atoms with van der Waals surface area (Å²) in [6.07, 6.45) is 3.44. The van der Waals surface area contributed by atoms with Crippen molar-refractivity contribution in [1.82, 2.24) is 10.4 Å². The summed E-state index contributed by atoms with van der Waals surface area (Å²) in [4.78, 5) is 4.05. The number of aryl methyl sites for hydroxylation is 1. The Hall–Kier alpha value is -1.78. The molecule has 2 aromatic rings. The molecule has 0 amide bonds. The lowest BCUT2D eigenvalue weighted by Crippen LogP contribution is -2.29. The van der Waals surface area contributed by atoms with Crippen molar-refractivity contribution in [1.29, 1.82) is 0 Å². The topological polar surface area (TPSA) is 50.9 Å².